The van der Waals surface area contributed by atoms with Gasteiger partial charge in [0.25, 0.3) is 5.56 Å². The molecule has 7 N–H and O–H groups in total. The van der Waals surface area contributed by atoms with Gasteiger partial charge in [0.1, 0.15) is 42.4 Å². The second-order valence-electron chi connectivity index (χ2n) is 12.5. The van der Waals surface area contributed by atoms with Crippen LogP contribution in [0.4, 0.5) is 16.2 Å². The Morgan fingerprint density at radius 1 is 1.02 bits per heavy atom. The molecule has 26 heteroatoms. The van der Waals surface area contributed by atoms with Gasteiger partial charge in [0.15, 0.2) is 41.3 Å². The number of hydrogen-bond acceptors (Lipinski definition) is 19. The first-order valence-corrected chi connectivity index (χ1v) is 21.6. The van der Waals surface area contributed by atoms with Crippen molar-refractivity contribution >= 4 is 71.5 Å². The number of nitrogen functional groups attached to an aromatic ring is 2. The lowest BCUT2D eigenvalue weighted by Gasteiger charge is -2.32. The molecule has 4 aromatic heterocycles. The van der Waals surface area contributed by atoms with Crippen LogP contribution in [0.5, 0.6) is 0 Å². The highest BCUT2D eigenvalue weighted by Crippen LogP contribution is 2.64. The van der Waals surface area contributed by atoms with Crippen molar-refractivity contribution in [1.82, 2.24) is 43.8 Å². The fourth-order valence-corrected chi connectivity index (χ4v) is 10.7. The molecule has 0 amide bonds. The van der Waals surface area contributed by atoms with Crippen molar-refractivity contribution in [2.75, 3.05) is 24.7 Å². The van der Waals surface area contributed by atoms with E-state index in [0.29, 0.717) is 24.4 Å². The van der Waals surface area contributed by atoms with E-state index in [4.69, 9.17) is 39.0 Å². The number of nitrogens with one attached hydrogen (secondary N) is 2. The largest absolute Gasteiger partial charge is 0.404 e. The van der Waals surface area contributed by atoms with Crippen molar-refractivity contribution in [3.8, 4) is 0 Å². The molecule has 0 aliphatic carbocycles. The Kier molecular flexibility index (Phi) is 10.2. The van der Waals surface area contributed by atoms with E-state index < -0.39 is 87.1 Å². The summed E-state index contributed by atoms with van der Waals surface area (Å²) in [4.78, 5) is 35.4. The van der Waals surface area contributed by atoms with Crippen LogP contribution in [0, 0.1) is 0 Å². The van der Waals surface area contributed by atoms with E-state index in [1.54, 1.807) is 0 Å². The number of rotatable bonds is 7. The summed E-state index contributed by atoms with van der Waals surface area (Å²) in [6, 6.07) is 0. The van der Waals surface area contributed by atoms with Crippen LogP contribution in [0.1, 0.15) is 46.1 Å². The third-order valence-electron chi connectivity index (χ3n) is 9.23. The molecule has 4 aromatic rings. The number of hydrogen-bond donors (Lipinski definition) is 6. The van der Waals surface area contributed by atoms with E-state index in [1.807, 2.05) is 20.8 Å². The van der Waals surface area contributed by atoms with Gasteiger partial charge < -0.3 is 26.0 Å². The number of nitrogens with two attached hydrogens (primary N) is 2. The van der Waals surface area contributed by atoms with E-state index in [1.165, 1.54) is 28.1 Å². The quantitative estimate of drug-likeness (QED) is 0.0888. The number of aliphatic hydroxyl groups is 1. The van der Waals surface area contributed by atoms with Crippen LogP contribution in [-0.4, -0.2) is 99.6 Å². The lowest BCUT2D eigenvalue weighted by molar-refractivity contribution is -0.0568. The summed E-state index contributed by atoms with van der Waals surface area (Å²) < 4.78 is 86.0. The maximum Gasteiger partial charge on any atom is 0.404 e. The van der Waals surface area contributed by atoms with Gasteiger partial charge in [-0.15, -0.1) is 0 Å². The summed E-state index contributed by atoms with van der Waals surface area (Å²) in [6.45, 7) is -4.40. The number of aliphatic hydroxyl groups excluding tert-OH is 1. The monoisotopic (exact) mass is 807 g/mol. The van der Waals surface area contributed by atoms with Crippen LogP contribution in [0.15, 0.2) is 23.8 Å². The minimum absolute atomic E-state index is 0.0368. The van der Waals surface area contributed by atoms with Crippen LogP contribution in [0.25, 0.3) is 22.3 Å². The summed E-state index contributed by atoms with van der Waals surface area (Å²) >= 11 is 4.72. The molecule has 7 heterocycles. The summed E-state index contributed by atoms with van der Waals surface area (Å²) in [5.74, 6) is -0.179. The SMILES string of the molecule is CCC(C)(CC)NS[P@@]1(=O)OC[C@H]2O[C@@H](n3cnc4c(N)ncnc43)[C@H](F)[C@@H]2O[P@](=O)(S)OC[C@H]2O[C@@H](n3cnc4c(=O)[nH]c(N)nc43)[C@H](O1)[C@@H]2O. The molecule has 21 nitrogen and oxygen atoms in total. The molecule has 3 fully saturated rings. The Hall–Kier alpha value is -2.73. The number of thiol groups is 1. The van der Waals surface area contributed by atoms with Crippen molar-refractivity contribution in [3.05, 3.63) is 29.3 Å². The Morgan fingerprint density at radius 3 is 2.42 bits per heavy atom. The summed E-state index contributed by atoms with van der Waals surface area (Å²) in [5.41, 5.74) is 10.7. The Labute approximate surface area is 303 Å². The number of halogens is 1. The number of alkyl halides is 1. The predicted molar refractivity (Wildman–Crippen MR) is 187 cm³/mol. The molecule has 10 atom stereocenters. The summed E-state index contributed by atoms with van der Waals surface area (Å²) in [6.07, 6.45) is -7.49. The highest BCUT2D eigenvalue weighted by atomic mass is 32.7. The first-order chi connectivity index (χ1) is 24.6. The zero-order valence-electron chi connectivity index (χ0n) is 27.7. The molecule has 3 aliphatic heterocycles. The highest BCUT2D eigenvalue weighted by molar-refractivity contribution is 8.54. The molecular formula is C26H36FN11O10P2S2. The molecule has 2 bridgehead atoms. The smallest absolute Gasteiger partial charge is 0.387 e. The van der Waals surface area contributed by atoms with Gasteiger partial charge in [-0.2, -0.15) is 4.98 Å². The van der Waals surface area contributed by atoms with Gasteiger partial charge in [0, 0.05) is 17.1 Å². The third-order valence-corrected chi connectivity index (χ3v) is 14.1. The van der Waals surface area contributed by atoms with Crippen LogP contribution in [0.2, 0.25) is 0 Å². The maximum atomic E-state index is 16.4. The Morgan fingerprint density at radius 2 is 1.69 bits per heavy atom. The summed E-state index contributed by atoms with van der Waals surface area (Å²) in [7, 11) is 0. The molecule has 0 radical (unpaired) electrons. The molecule has 0 saturated carbocycles. The van der Waals surface area contributed by atoms with Crippen molar-refractivity contribution in [3.63, 3.8) is 0 Å². The van der Waals surface area contributed by atoms with E-state index in [9.17, 15) is 19.0 Å². The van der Waals surface area contributed by atoms with Gasteiger partial charge in [0.2, 0.25) is 5.95 Å². The van der Waals surface area contributed by atoms with E-state index in [2.05, 4.69) is 46.9 Å². The first kappa shape index (κ1) is 37.6. The van der Waals surface area contributed by atoms with Crippen molar-refractivity contribution in [1.29, 1.82) is 0 Å². The van der Waals surface area contributed by atoms with Gasteiger partial charge in [-0.1, -0.05) is 26.1 Å². The maximum absolute atomic E-state index is 16.4. The molecule has 7 rings (SSSR count). The molecule has 3 saturated heterocycles. The van der Waals surface area contributed by atoms with E-state index in [0.717, 1.165) is 0 Å². The van der Waals surface area contributed by atoms with Gasteiger partial charge in [-0.3, -0.25) is 37.0 Å². The minimum atomic E-state index is -4.46. The van der Waals surface area contributed by atoms with Gasteiger partial charge >= 0.3 is 13.6 Å². The normalized spacial score (nSPS) is 34.6. The standard InChI is InChI=1S/C26H36FN11O10P2S2/c1-4-26(3,5-2)36-52-50(42)44-7-12-17(13(27)23(46-12)37-9-32-14-19(28)30-8-31-20(14)37)47-49(41,51)43-6-11-16(39)18(48-50)24(45-11)38-10-33-15-21(38)34-25(29)35-22(15)40/h8-13,16-18,23-24,36,39H,4-7H2,1-3H3,(H,41,51)(H2,28,30,31)(H3,29,34,35,40)/t11-,12-,13-,16-,17-,18-,23-,24-,49-,50+/m1/s1. The lowest BCUT2D eigenvalue weighted by Crippen LogP contribution is -2.38. The van der Waals surface area contributed by atoms with Crippen molar-refractivity contribution in [2.24, 2.45) is 0 Å². The molecule has 0 spiro atoms. The molecule has 284 valence electrons. The third kappa shape index (κ3) is 7.00. The first-order valence-electron chi connectivity index (χ1n) is 16.0. The molecule has 3 aliphatic rings. The number of aromatic amines is 1. The zero-order chi connectivity index (χ0) is 37.2. The van der Waals surface area contributed by atoms with E-state index >= 15 is 4.39 Å². The Balaban J connectivity index is 1.26. The van der Waals surface area contributed by atoms with Gasteiger partial charge in [-0.05, 0) is 19.8 Å². The molecule has 52 heavy (non-hydrogen) atoms. The van der Waals surface area contributed by atoms with Gasteiger partial charge in [-0.25, -0.2) is 38.2 Å². The molecular weight excluding hydrogens is 771 g/mol. The Bertz CT molecular complexity index is 2120. The number of H-pyrrole nitrogens is 1. The summed E-state index contributed by atoms with van der Waals surface area (Å²) in [5, 5.41) is 11.5. The van der Waals surface area contributed by atoms with Crippen LogP contribution < -0.4 is 21.7 Å². The zero-order valence-corrected chi connectivity index (χ0v) is 31.2. The second kappa shape index (κ2) is 14.2. The topological polar surface area (TPSA) is 281 Å². The number of imidazole rings is 2. The average molecular weight is 808 g/mol. The highest BCUT2D eigenvalue weighted by Gasteiger charge is 2.54. The number of fused-ring (bicyclic) bond motifs is 5. The number of nitrogens with zero attached hydrogens (tertiary/aromatic N) is 7. The minimum Gasteiger partial charge on any atom is -0.387 e. The number of ether oxygens (including phenoxy) is 2. The molecule has 0 aromatic carbocycles. The van der Waals surface area contributed by atoms with Crippen LogP contribution in [0.3, 0.4) is 0 Å². The fourth-order valence-electron chi connectivity index (χ4n) is 5.86. The van der Waals surface area contributed by atoms with Crippen LogP contribution >= 0.6 is 37.4 Å². The fraction of sp³-hybridized carbons (Fsp3) is 0.615. The lowest BCUT2D eigenvalue weighted by atomic mass is 9.98. The predicted octanol–water partition coefficient (Wildman–Crippen LogP) is 2.40. The van der Waals surface area contributed by atoms with Gasteiger partial charge in [0.05, 0.1) is 25.9 Å². The molecule has 0 unspecified atom stereocenters. The second-order valence-corrected chi connectivity index (χ2v) is 19.0. The number of anilines is 2. The number of aromatic nitrogens is 8. The van der Waals surface area contributed by atoms with Crippen LogP contribution in [-0.2, 0) is 36.7 Å². The van der Waals surface area contributed by atoms with E-state index in [-0.39, 0.29) is 34.1 Å². The van der Waals surface area contributed by atoms with Crippen molar-refractivity contribution in [2.45, 2.75) is 88.3 Å². The average Bonchev–Trinajstić information content (AvgIpc) is 3.87. The van der Waals surface area contributed by atoms with Crippen molar-refractivity contribution < 1.29 is 46.2 Å².